The lowest BCUT2D eigenvalue weighted by molar-refractivity contribution is 0.150. The molecule has 3 rings (SSSR count). The van der Waals surface area contributed by atoms with Crippen LogP contribution in [0.15, 0.2) is 29.9 Å². The van der Waals surface area contributed by atoms with Gasteiger partial charge in [0.1, 0.15) is 11.1 Å². The minimum absolute atomic E-state index is 0.364. The first-order chi connectivity index (χ1) is 8.92. The molecule has 0 atom stereocenters. The van der Waals surface area contributed by atoms with Gasteiger partial charge in [-0.2, -0.15) is 0 Å². The zero-order chi connectivity index (χ0) is 12.2. The quantitative estimate of drug-likeness (QED) is 0.839. The molecule has 2 heterocycles. The zero-order valence-corrected chi connectivity index (χ0v) is 11.0. The first-order valence-electron chi connectivity index (χ1n) is 6.44. The van der Waals surface area contributed by atoms with Crippen molar-refractivity contribution in [3.05, 3.63) is 29.9 Å². The van der Waals surface area contributed by atoms with E-state index < -0.39 is 0 Å². The van der Waals surface area contributed by atoms with Crippen LogP contribution in [-0.4, -0.2) is 16.1 Å². The van der Waals surface area contributed by atoms with Gasteiger partial charge in [-0.15, -0.1) is 11.3 Å². The average Bonchev–Trinajstić information content (AvgIpc) is 2.89. The first-order valence-corrected chi connectivity index (χ1v) is 7.32. The molecule has 1 fully saturated rings. The standard InChI is InChI=1S/C14H16N2OS/c1-2-6-12(7-3-1)17-13-10-18-14(16-13)11-5-4-8-15-9-11/h4-5,8-10,12H,1-3,6-7H2. The van der Waals surface area contributed by atoms with Crippen molar-refractivity contribution in [2.45, 2.75) is 38.2 Å². The summed E-state index contributed by atoms with van der Waals surface area (Å²) in [6.45, 7) is 0. The number of thiazole rings is 1. The van der Waals surface area contributed by atoms with Crippen LogP contribution in [0.25, 0.3) is 10.6 Å². The summed E-state index contributed by atoms with van der Waals surface area (Å²) in [4.78, 5) is 8.64. The maximum atomic E-state index is 5.94. The van der Waals surface area contributed by atoms with Crippen molar-refractivity contribution in [1.82, 2.24) is 9.97 Å². The predicted octanol–water partition coefficient (Wildman–Crippen LogP) is 3.92. The molecule has 2 aromatic rings. The van der Waals surface area contributed by atoms with Crippen LogP contribution in [0.1, 0.15) is 32.1 Å². The molecule has 1 aliphatic rings. The number of ether oxygens (including phenoxy) is 1. The number of hydrogen-bond donors (Lipinski definition) is 0. The summed E-state index contributed by atoms with van der Waals surface area (Å²) in [6.07, 6.45) is 10.2. The maximum absolute atomic E-state index is 5.94. The lowest BCUT2D eigenvalue weighted by Crippen LogP contribution is -2.19. The van der Waals surface area contributed by atoms with Crippen molar-refractivity contribution in [1.29, 1.82) is 0 Å². The van der Waals surface area contributed by atoms with Crippen molar-refractivity contribution in [2.75, 3.05) is 0 Å². The van der Waals surface area contributed by atoms with E-state index in [4.69, 9.17) is 4.74 Å². The highest BCUT2D eigenvalue weighted by Crippen LogP contribution is 2.29. The predicted molar refractivity (Wildman–Crippen MR) is 72.8 cm³/mol. The average molecular weight is 260 g/mol. The van der Waals surface area contributed by atoms with Gasteiger partial charge in [-0.05, 0) is 37.8 Å². The SMILES string of the molecule is c1cncc(-c2nc(OC3CCCCC3)cs2)c1. The van der Waals surface area contributed by atoms with Crippen molar-refractivity contribution in [3.63, 3.8) is 0 Å². The monoisotopic (exact) mass is 260 g/mol. The summed E-state index contributed by atoms with van der Waals surface area (Å²) in [5, 5.41) is 2.98. The number of nitrogens with zero attached hydrogens (tertiary/aromatic N) is 2. The van der Waals surface area contributed by atoms with E-state index in [-0.39, 0.29) is 0 Å². The molecule has 0 bridgehead atoms. The fourth-order valence-corrected chi connectivity index (χ4v) is 3.01. The van der Waals surface area contributed by atoms with E-state index in [1.165, 1.54) is 32.1 Å². The molecule has 0 radical (unpaired) electrons. The summed E-state index contributed by atoms with van der Waals surface area (Å²) in [5.74, 6) is 0.769. The number of pyridine rings is 1. The summed E-state index contributed by atoms with van der Waals surface area (Å²) in [7, 11) is 0. The number of hydrogen-bond acceptors (Lipinski definition) is 4. The van der Waals surface area contributed by atoms with E-state index in [0.29, 0.717) is 6.10 Å². The normalized spacial score (nSPS) is 16.7. The molecule has 0 spiro atoms. The van der Waals surface area contributed by atoms with Crippen molar-refractivity contribution >= 4 is 11.3 Å². The Labute approximate surface area is 111 Å². The Kier molecular flexibility index (Phi) is 3.55. The molecule has 0 saturated heterocycles. The smallest absolute Gasteiger partial charge is 0.225 e. The van der Waals surface area contributed by atoms with Gasteiger partial charge in [-0.3, -0.25) is 4.98 Å². The second kappa shape index (κ2) is 5.48. The van der Waals surface area contributed by atoms with E-state index in [0.717, 1.165) is 16.5 Å². The molecular formula is C14H16N2OS. The lowest BCUT2D eigenvalue weighted by Gasteiger charge is -2.21. The van der Waals surface area contributed by atoms with E-state index >= 15 is 0 Å². The van der Waals surface area contributed by atoms with Gasteiger partial charge in [-0.25, -0.2) is 4.98 Å². The minimum Gasteiger partial charge on any atom is -0.474 e. The Hall–Kier alpha value is -1.42. The van der Waals surface area contributed by atoms with Crippen LogP contribution in [0.4, 0.5) is 0 Å². The molecule has 0 unspecified atom stereocenters. The molecule has 94 valence electrons. The van der Waals surface area contributed by atoms with Crippen LogP contribution in [-0.2, 0) is 0 Å². The molecule has 1 aliphatic carbocycles. The van der Waals surface area contributed by atoms with Crippen LogP contribution < -0.4 is 4.74 Å². The highest BCUT2D eigenvalue weighted by molar-refractivity contribution is 7.13. The van der Waals surface area contributed by atoms with Gasteiger partial charge in [0.2, 0.25) is 5.88 Å². The fraction of sp³-hybridized carbons (Fsp3) is 0.429. The van der Waals surface area contributed by atoms with E-state index in [1.807, 2.05) is 23.7 Å². The molecule has 0 amide bonds. The highest BCUT2D eigenvalue weighted by atomic mass is 32.1. The fourth-order valence-electron chi connectivity index (χ4n) is 2.29. The highest BCUT2D eigenvalue weighted by Gasteiger charge is 2.16. The second-order valence-corrected chi connectivity index (χ2v) is 5.47. The summed E-state index contributed by atoms with van der Waals surface area (Å²) >= 11 is 1.62. The van der Waals surface area contributed by atoms with Crippen LogP contribution >= 0.6 is 11.3 Å². The van der Waals surface area contributed by atoms with E-state index in [1.54, 1.807) is 17.5 Å². The molecule has 4 heteroatoms. The third kappa shape index (κ3) is 2.70. The Morgan fingerprint density at radius 1 is 1.22 bits per heavy atom. The lowest BCUT2D eigenvalue weighted by atomic mass is 9.98. The molecule has 2 aromatic heterocycles. The molecular weight excluding hydrogens is 244 g/mol. The molecule has 18 heavy (non-hydrogen) atoms. The van der Waals surface area contributed by atoms with E-state index in [2.05, 4.69) is 9.97 Å². The Balaban J connectivity index is 1.69. The van der Waals surface area contributed by atoms with Gasteiger partial charge in [0.05, 0.1) is 5.38 Å². The third-order valence-electron chi connectivity index (χ3n) is 3.23. The third-order valence-corrected chi connectivity index (χ3v) is 4.10. The summed E-state index contributed by atoms with van der Waals surface area (Å²) < 4.78 is 5.94. The van der Waals surface area contributed by atoms with Crippen LogP contribution in [0.3, 0.4) is 0 Å². The Bertz CT molecular complexity index is 492. The molecule has 1 saturated carbocycles. The molecule has 0 N–H and O–H groups in total. The van der Waals surface area contributed by atoms with Crippen LogP contribution in [0.2, 0.25) is 0 Å². The maximum Gasteiger partial charge on any atom is 0.225 e. The van der Waals surface area contributed by atoms with Crippen LogP contribution in [0, 0.1) is 0 Å². The zero-order valence-electron chi connectivity index (χ0n) is 10.2. The number of rotatable bonds is 3. The Morgan fingerprint density at radius 3 is 2.89 bits per heavy atom. The first kappa shape index (κ1) is 11.7. The van der Waals surface area contributed by atoms with Crippen molar-refractivity contribution in [2.24, 2.45) is 0 Å². The van der Waals surface area contributed by atoms with Gasteiger partial charge >= 0.3 is 0 Å². The topological polar surface area (TPSA) is 35.0 Å². The van der Waals surface area contributed by atoms with Crippen LogP contribution in [0.5, 0.6) is 5.88 Å². The van der Waals surface area contributed by atoms with Gasteiger partial charge in [0.15, 0.2) is 0 Å². The summed E-state index contributed by atoms with van der Waals surface area (Å²) in [6, 6.07) is 3.95. The van der Waals surface area contributed by atoms with Gasteiger partial charge in [0, 0.05) is 18.0 Å². The van der Waals surface area contributed by atoms with Gasteiger partial charge in [0.25, 0.3) is 0 Å². The molecule has 0 aromatic carbocycles. The largest absolute Gasteiger partial charge is 0.474 e. The van der Waals surface area contributed by atoms with Gasteiger partial charge < -0.3 is 4.74 Å². The van der Waals surface area contributed by atoms with Gasteiger partial charge in [-0.1, -0.05) is 6.42 Å². The molecule has 3 nitrogen and oxygen atoms in total. The second-order valence-electron chi connectivity index (χ2n) is 4.61. The minimum atomic E-state index is 0.364. The van der Waals surface area contributed by atoms with Crippen molar-refractivity contribution < 1.29 is 4.74 Å². The number of aromatic nitrogens is 2. The Morgan fingerprint density at radius 2 is 2.11 bits per heavy atom. The molecule has 0 aliphatic heterocycles. The summed E-state index contributed by atoms with van der Waals surface area (Å²) in [5.41, 5.74) is 1.06. The van der Waals surface area contributed by atoms with E-state index in [9.17, 15) is 0 Å². The van der Waals surface area contributed by atoms with Crippen molar-refractivity contribution in [3.8, 4) is 16.5 Å².